The Morgan fingerprint density at radius 1 is 0.926 bits per heavy atom. The van der Waals surface area contributed by atoms with Gasteiger partial charge in [-0.1, -0.05) is 68.8 Å². The summed E-state index contributed by atoms with van der Waals surface area (Å²) in [5.41, 5.74) is 5.80. The van der Waals surface area contributed by atoms with Gasteiger partial charge in [0.15, 0.2) is 6.61 Å². The Morgan fingerprint density at radius 2 is 1.52 bits per heavy atom. The first kappa shape index (κ1) is 20.2. The lowest BCUT2D eigenvalue weighted by Crippen LogP contribution is -2.43. The minimum absolute atomic E-state index is 0.0701. The van der Waals surface area contributed by atoms with Crippen molar-refractivity contribution < 1.29 is 19.1 Å². The van der Waals surface area contributed by atoms with Crippen molar-refractivity contribution >= 4 is 17.8 Å². The fourth-order valence-corrected chi connectivity index (χ4v) is 2.64. The summed E-state index contributed by atoms with van der Waals surface area (Å²) < 4.78 is 5.18. The van der Waals surface area contributed by atoms with E-state index in [1.807, 2.05) is 44.2 Å². The zero-order chi connectivity index (χ0) is 19.6. The van der Waals surface area contributed by atoms with Crippen molar-refractivity contribution in [3.63, 3.8) is 0 Å². The number of esters is 1. The van der Waals surface area contributed by atoms with E-state index >= 15 is 0 Å². The van der Waals surface area contributed by atoms with Crippen LogP contribution in [0, 0.1) is 5.92 Å². The summed E-state index contributed by atoms with van der Waals surface area (Å²) in [4.78, 5) is 36.3. The van der Waals surface area contributed by atoms with E-state index in [1.54, 1.807) is 30.3 Å². The molecular weight excluding hydrogens is 344 g/mol. The van der Waals surface area contributed by atoms with Crippen LogP contribution in [0.3, 0.4) is 0 Å². The molecule has 2 aromatic rings. The molecule has 2 amide bonds. The molecule has 0 fully saturated rings. The van der Waals surface area contributed by atoms with Gasteiger partial charge in [0, 0.05) is 5.56 Å². The first-order valence-electron chi connectivity index (χ1n) is 8.88. The highest BCUT2D eigenvalue weighted by molar-refractivity contribution is 5.95. The predicted molar refractivity (Wildman–Crippen MR) is 102 cm³/mol. The number of amides is 2. The summed E-state index contributed by atoms with van der Waals surface area (Å²) in [6, 6.07) is 17.8. The molecule has 6 heteroatoms. The molecule has 6 nitrogen and oxygen atoms in total. The monoisotopic (exact) mass is 368 g/mol. The number of benzene rings is 2. The second kappa shape index (κ2) is 10.1. The van der Waals surface area contributed by atoms with Gasteiger partial charge in [-0.05, 0) is 23.6 Å². The normalized spacial score (nSPS) is 12.5. The highest BCUT2D eigenvalue weighted by Gasteiger charge is 2.27. The molecule has 2 N–H and O–H groups in total. The van der Waals surface area contributed by atoms with Crippen molar-refractivity contribution in [2.24, 2.45) is 5.92 Å². The van der Waals surface area contributed by atoms with Crippen molar-refractivity contribution in [2.75, 3.05) is 6.61 Å². The van der Waals surface area contributed by atoms with Crippen molar-refractivity contribution in [2.45, 2.75) is 26.2 Å². The van der Waals surface area contributed by atoms with Gasteiger partial charge >= 0.3 is 5.97 Å². The summed E-state index contributed by atoms with van der Waals surface area (Å²) in [5, 5.41) is 0. The molecule has 0 saturated heterocycles. The molecule has 0 radical (unpaired) electrons. The van der Waals surface area contributed by atoms with Gasteiger partial charge in [-0.15, -0.1) is 0 Å². The van der Waals surface area contributed by atoms with Crippen LogP contribution in [0.15, 0.2) is 60.7 Å². The van der Waals surface area contributed by atoms with Crippen LogP contribution in [0.5, 0.6) is 0 Å². The van der Waals surface area contributed by atoms with Gasteiger partial charge in [0.1, 0.15) is 0 Å². The Labute approximate surface area is 158 Å². The molecule has 0 bridgehead atoms. The number of carbonyl (C=O) groups excluding carboxylic acids is 3. The first-order valence-corrected chi connectivity index (χ1v) is 8.88. The second-order valence-electron chi connectivity index (χ2n) is 6.25. The maximum Gasteiger partial charge on any atom is 0.314 e. The highest BCUT2D eigenvalue weighted by atomic mass is 16.5. The van der Waals surface area contributed by atoms with E-state index < -0.39 is 30.3 Å². The van der Waals surface area contributed by atoms with Gasteiger partial charge in [-0.3, -0.25) is 25.2 Å². The highest BCUT2D eigenvalue weighted by Crippen LogP contribution is 2.28. The fourth-order valence-electron chi connectivity index (χ4n) is 2.64. The van der Waals surface area contributed by atoms with Crippen molar-refractivity contribution in [3.05, 3.63) is 71.8 Å². The Morgan fingerprint density at radius 3 is 2.11 bits per heavy atom. The lowest BCUT2D eigenvalue weighted by Gasteiger charge is -2.21. The molecule has 0 aromatic heterocycles. The van der Waals surface area contributed by atoms with E-state index in [9.17, 15) is 14.4 Å². The minimum atomic E-state index is -0.608. The van der Waals surface area contributed by atoms with Crippen LogP contribution < -0.4 is 10.9 Å². The molecule has 142 valence electrons. The number of rotatable bonds is 7. The van der Waals surface area contributed by atoms with Gasteiger partial charge < -0.3 is 4.74 Å². The molecule has 2 aromatic carbocycles. The van der Waals surface area contributed by atoms with E-state index in [4.69, 9.17) is 4.74 Å². The van der Waals surface area contributed by atoms with E-state index in [-0.39, 0.29) is 5.92 Å². The fraction of sp³-hybridized carbons (Fsp3) is 0.286. The van der Waals surface area contributed by atoms with Crippen LogP contribution >= 0.6 is 0 Å². The number of hydrogen-bond donors (Lipinski definition) is 2. The maximum atomic E-state index is 12.5. The SMILES string of the molecule is CC[C@H](C)[C@H](C(=O)OCC(=O)NNC(=O)c1ccccc1)c1ccccc1. The van der Waals surface area contributed by atoms with E-state index in [1.165, 1.54) is 0 Å². The largest absolute Gasteiger partial charge is 0.455 e. The van der Waals surface area contributed by atoms with Crippen LogP contribution in [0.1, 0.15) is 42.1 Å². The van der Waals surface area contributed by atoms with Gasteiger partial charge in [-0.2, -0.15) is 0 Å². The molecule has 0 aliphatic heterocycles. The second-order valence-corrected chi connectivity index (χ2v) is 6.25. The first-order chi connectivity index (χ1) is 13.0. The smallest absolute Gasteiger partial charge is 0.314 e. The summed E-state index contributed by atoms with van der Waals surface area (Å²) in [5.74, 6) is -1.88. The van der Waals surface area contributed by atoms with Crippen LogP contribution in [0.25, 0.3) is 0 Å². The number of hydrazine groups is 1. The number of nitrogens with one attached hydrogen (secondary N) is 2. The third-order valence-electron chi connectivity index (χ3n) is 4.32. The third kappa shape index (κ3) is 5.95. The lowest BCUT2D eigenvalue weighted by molar-refractivity contribution is -0.151. The minimum Gasteiger partial charge on any atom is -0.455 e. The predicted octanol–water partition coefficient (Wildman–Crippen LogP) is 2.82. The van der Waals surface area contributed by atoms with Crippen LogP contribution in [0.2, 0.25) is 0 Å². The van der Waals surface area contributed by atoms with Crippen LogP contribution in [0.4, 0.5) is 0 Å². The van der Waals surface area contributed by atoms with E-state index in [0.717, 1.165) is 12.0 Å². The molecule has 27 heavy (non-hydrogen) atoms. The van der Waals surface area contributed by atoms with Crippen molar-refractivity contribution in [1.29, 1.82) is 0 Å². The molecule has 0 aliphatic rings. The van der Waals surface area contributed by atoms with Crippen LogP contribution in [-0.2, 0) is 14.3 Å². The Kier molecular flexibility index (Phi) is 7.55. The molecule has 0 saturated carbocycles. The Bertz CT molecular complexity index is 762. The summed E-state index contributed by atoms with van der Waals surface area (Å²) in [7, 11) is 0. The molecule has 2 atom stereocenters. The zero-order valence-electron chi connectivity index (χ0n) is 15.5. The average molecular weight is 368 g/mol. The number of hydrogen-bond acceptors (Lipinski definition) is 4. The molecule has 0 heterocycles. The number of ether oxygens (including phenoxy) is 1. The quantitative estimate of drug-likeness (QED) is 0.581. The van der Waals surface area contributed by atoms with Gasteiger partial charge in [0.05, 0.1) is 5.92 Å². The van der Waals surface area contributed by atoms with Crippen molar-refractivity contribution in [1.82, 2.24) is 10.9 Å². The molecule has 2 rings (SSSR count). The molecule has 0 unspecified atom stereocenters. The summed E-state index contributed by atoms with van der Waals surface area (Å²) in [6.45, 7) is 3.51. The van der Waals surface area contributed by atoms with E-state index in [0.29, 0.717) is 5.56 Å². The molecule has 0 spiro atoms. The Hall–Kier alpha value is -3.15. The topological polar surface area (TPSA) is 84.5 Å². The lowest BCUT2D eigenvalue weighted by atomic mass is 9.86. The number of carbonyl (C=O) groups is 3. The molecule has 0 aliphatic carbocycles. The van der Waals surface area contributed by atoms with Gasteiger partial charge in [0.2, 0.25) is 0 Å². The van der Waals surface area contributed by atoms with Gasteiger partial charge in [0.25, 0.3) is 11.8 Å². The Balaban J connectivity index is 1.87. The summed E-state index contributed by atoms with van der Waals surface area (Å²) >= 11 is 0. The summed E-state index contributed by atoms with van der Waals surface area (Å²) in [6.07, 6.45) is 0.800. The van der Waals surface area contributed by atoms with Crippen LogP contribution in [-0.4, -0.2) is 24.4 Å². The maximum absolute atomic E-state index is 12.5. The zero-order valence-corrected chi connectivity index (χ0v) is 15.5. The third-order valence-corrected chi connectivity index (χ3v) is 4.32. The van der Waals surface area contributed by atoms with Crippen molar-refractivity contribution in [3.8, 4) is 0 Å². The average Bonchev–Trinajstić information content (AvgIpc) is 2.71. The van der Waals surface area contributed by atoms with E-state index in [2.05, 4.69) is 10.9 Å². The van der Waals surface area contributed by atoms with Gasteiger partial charge in [-0.25, -0.2) is 0 Å². The standard InChI is InChI=1S/C21H24N2O4/c1-3-15(2)19(16-10-6-4-7-11-16)21(26)27-14-18(24)22-23-20(25)17-12-8-5-9-13-17/h4-13,15,19H,3,14H2,1-2H3,(H,22,24)(H,23,25)/t15-,19-/m0/s1. The molecular formula is C21H24N2O4.